The van der Waals surface area contributed by atoms with E-state index < -0.39 is 9.84 Å². The summed E-state index contributed by atoms with van der Waals surface area (Å²) in [6.45, 7) is 0.252. The standard InChI is InChI=1S/C23H18BrNO4S/c1-28-22-9-5-6-18(23(22)29-16-17-10-12-19(24)13-11-17)14-21(15-25)30(26,27)20-7-3-2-4-8-20/h2-14H,16H2,1H3/b21-14+. The van der Waals surface area contributed by atoms with Crippen LogP contribution in [0.1, 0.15) is 11.1 Å². The highest BCUT2D eigenvalue weighted by atomic mass is 79.9. The molecule has 0 saturated heterocycles. The fourth-order valence-electron chi connectivity index (χ4n) is 2.74. The van der Waals surface area contributed by atoms with E-state index in [0.717, 1.165) is 10.0 Å². The minimum Gasteiger partial charge on any atom is -0.493 e. The number of ether oxygens (including phenoxy) is 2. The van der Waals surface area contributed by atoms with Crippen molar-refractivity contribution in [2.75, 3.05) is 7.11 Å². The highest BCUT2D eigenvalue weighted by molar-refractivity contribution is 9.10. The quantitative estimate of drug-likeness (QED) is 0.421. The second-order valence-corrected chi connectivity index (χ2v) is 9.06. The highest BCUT2D eigenvalue weighted by Crippen LogP contribution is 2.34. The van der Waals surface area contributed by atoms with Gasteiger partial charge in [0.1, 0.15) is 17.6 Å². The molecule has 0 atom stereocenters. The molecule has 0 bridgehead atoms. The van der Waals surface area contributed by atoms with Crippen LogP contribution in [0, 0.1) is 11.3 Å². The fourth-order valence-corrected chi connectivity index (χ4v) is 4.17. The molecule has 0 aliphatic carbocycles. The summed E-state index contributed by atoms with van der Waals surface area (Å²) in [5, 5.41) is 9.56. The summed E-state index contributed by atoms with van der Waals surface area (Å²) in [5.41, 5.74) is 1.36. The second-order valence-electron chi connectivity index (χ2n) is 6.23. The molecule has 0 aliphatic rings. The van der Waals surface area contributed by atoms with Gasteiger partial charge in [-0.2, -0.15) is 5.26 Å². The van der Waals surface area contributed by atoms with Gasteiger partial charge in [-0.1, -0.05) is 58.4 Å². The maximum Gasteiger partial charge on any atom is 0.216 e. The predicted octanol–water partition coefficient (Wildman–Crippen LogP) is 5.38. The van der Waals surface area contributed by atoms with Crippen LogP contribution in [0.5, 0.6) is 11.5 Å². The summed E-state index contributed by atoms with van der Waals surface area (Å²) in [4.78, 5) is -0.325. The Morgan fingerprint density at radius 2 is 1.73 bits per heavy atom. The van der Waals surface area contributed by atoms with Crippen LogP contribution in [-0.2, 0) is 16.4 Å². The first kappa shape index (κ1) is 21.6. The van der Waals surface area contributed by atoms with E-state index in [1.54, 1.807) is 42.5 Å². The summed E-state index contributed by atoms with van der Waals surface area (Å²) >= 11 is 3.39. The summed E-state index contributed by atoms with van der Waals surface area (Å²) in [7, 11) is -2.46. The number of hydrogen-bond donors (Lipinski definition) is 0. The van der Waals surface area contributed by atoms with Crippen LogP contribution in [0.25, 0.3) is 6.08 Å². The Hall–Kier alpha value is -3.08. The number of nitriles is 1. The van der Waals surface area contributed by atoms with Gasteiger partial charge in [-0.3, -0.25) is 0 Å². The van der Waals surface area contributed by atoms with Crippen molar-refractivity contribution >= 4 is 31.8 Å². The molecule has 0 radical (unpaired) electrons. The van der Waals surface area contributed by atoms with Crippen molar-refractivity contribution in [3.63, 3.8) is 0 Å². The van der Waals surface area contributed by atoms with Crippen molar-refractivity contribution in [1.82, 2.24) is 0 Å². The average molecular weight is 484 g/mol. The van der Waals surface area contributed by atoms with Gasteiger partial charge in [-0.25, -0.2) is 8.42 Å². The zero-order valence-corrected chi connectivity index (χ0v) is 18.5. The number of rotatable bonds is 7. The SMILES string of the molecule is COc1cccc(/C=C(\C#N)S(=O)(=O)c2ccccc2)c1OCc1ccc(Br)cc1. The van der Waals surface area contributed by atoms with E-state index >= 15 is 0 Å². The molecule has 0 spiro atoms. The lowest BCUT2D eigenvalue weighted by Gasteiger charge is -2.14. The third kappa shape index (κ3) is 4.90. The Kier molecular flexibility index (Phi) is 6.93. The minimum absolute atomic E-state index is 0.0537. The van der Waals surface area contributed by atoms with Crippen LogP contribution >= 0.6 is 15.9 Å². The van der Waals surface area contributed by atoms with Gasteiger partial charge in [-0.05, 0) is 42.0 Å². The lowest BCUT2D eigenvalue weighted by Crippen LogP contribution is -2.04. The molecule has 3 rings (SSSR count). The molecular formula is C23H18BrNO4S. The van der Waals surface area contributed by atoms with Crippen LogP contribution < -0.4 is 9.47 Å². The van der Waals surface area contributed by atoms with Crippen molar-refractivity contribution in [2.45, 2.75) is 11.5 Å². The van der Waals surface area contributed by atoms with E-state index in [1.807, 2.05) is 24.3 Å². The van der Waals surface area contributed by atoms with E-state index in [2.05, 4.69) is 15.9 Å². The van der Waals surface area contributed by atoms with Gasteiger partial charge in [-0.15, -0.1) is 0 Å². The van der Waals surface area contributed by atoms with Gasteiger partial charge < -0.3 is 9.47 Å². The van der Waals surface area contributed by atoms with E-state index in [4.69, 9.17) is 9.47 Å². The van der Waals surface area contributed by atoms with Crippen molar-refractivity contribution in [1.29, 1.82) is 5.26 Å². The number of halogens is 1. The highest BCUT2D eigenvalue weighted by Gasteiger charge is 2.21. The minimum atomic E-state index is -3.96. The van der Waals surface area contributed by atoms with Crippen LogP contribution in [0.2, 0.25) is 0 Å². The topological polar surface area (TPSA) is 76.4 Å². The zero-order valence-electron chi connectivity index (χ0n) is 16.1. The number of nitrogens with zero attached hydrogens (tertiary/aromatic N) is 1. The lowest BCUT2D eigenvalue weighted by atomic mass is 10.1. The van der Waals surface area contributed by atoms with Crippen LogP contribution in [-0.4, -0.2) is 15.5 Å². The van der Waals surface area contributed by atoms with E-state index in [9.17, 15) is 13.7 Å². The van der Waals surface area contributed by atoms with Gasteiger partial charge in [0.2, 0.25) is 9.84 Å². The molecule has 5 nitrogen and oxygen atoms in total. The van der Waals surface area contributed by atoms with E-state index in [-0.39, 0.29) is 16.4 Å². The maximum atomic E-state index is 12.9. The van der Waals surface area contributed by atoms with Crippen molar-refractivity contribution < 1.29 is 17.9 Å². The summed E-state index contributed by atoms with van der Waals surface area (Å²) < 4.78 is 38.1. The molecule has 3 aromatic rings. The third-order valence-electron chi connectivity index (χ3n) is 4.27. The Labute approximate surface area is 184 Å². The molecule has 3 aromatic carbocycles. The summed E-state index contributed by atoms with van der Waals surface area (Å²) in [6, 6.07) is 22.4. The Balaban J connectivity index is 2.00. The molecule has 0 unspecified atom stereocenters. The predicted molar refractivity (Wildman–Crippen MR) is 119 cm³/mol. The Morgan fingerprint density at radius 1 is 1.03 bits per heavy atom. The van der Waals surface area contributed by atoms with Crippen LogP contribution in [0.4, 0.5) is 0 Å². The molecule has 0 fully saturated rings. The molecule has 7 heteroatoms. The lowest BCUT2D eigenvalue weighted by molar-refractivity contribution is 0.284. The Bertz CT molecular complexity index is 1200. The number of sulfone groups is 1. The van der Waals surface area contributed by atoms with E-state index in [1.165, 1.54) is 25.3 Å². The molecule has 0 amide bonds. The first-order valence-electron chi connectivity index (χ1n) is 8.92. The monoisotopic (exact) mass is 483 g/mol. The number of allylic oxidation sites excluding steroid dienone is 1. The summed E-state index contributed by atoms with van der Waals surface area (Å²) in [6.07, 6.45) is 1.31. The second kappa shape index (κ2) is 9.61. The Morgan fingerprint density at radius 3 is 2.37 bits per heavy atom. The van der Waals surface area contributed by atoms with E-state index in [0.29, 0.717) is 17.1 Å². The van der Waals surface area contributed by atoms with Crippen molar-refractivity contribution in [3.05, 3.63) is 93.3 Å². The number of para-hydroxylation sites is 1. The molecule has 0 saturated carbocycles. The summed E-state index contributed by atoms with van der Waals surface area (Å²) in [5.74, 6) is 0.800. The van der Waals surface area contributed by atoms with Crippen molar-refractivity contribution in [2.24, 2.45) is 0 Å². The van der Waals surface area contributed by atoms with Gasteiger partial charge in [0.25, 0.3) is 0 Å². The number of hydrogen-bond acceptors (Lipinski definition) is 5. The number of benzene rings is 3. The zero-order chi connectivity index (χ0) is 21.6. The molecule has 0 aliphatic heterocycles. The van der Waals surface area contributed by atoms with Gasteiger partial charge in [0.15, 0.2) is 11.5 Å². The maximum absolute atomic E-state index is 12.9. The fraction of sp³-hybridized carbons (Fsp3) is 0.0870. The van der Waals surface area contributed by atoms with Gasteiger partial charge in [0.05, 0.1) is 12.0 Å². The molecular weight excluding hydrogens is 466 g/mol. The smallest absolute Gasteiger partial charge is 0.216 e. The number of methoxy groups -OCH3 is 1. The first-order valence-corrected chi connectivity index (χ1v) is 11.2. The third-order valence-corrected chi connectivity index (χ3v) is 6.48. The molecule has 0 aromatic heterocycles. The molecule has 0 heterocycles. The van der Waals surface area contributed by atoms with Gasteiger partial charge >= 0.3 is 0 Å². The van der Waals surface area contributed by atoms with Crippen LogP contribution in [0.3, 0.4) is 0 Å². The van der Waals surface area contributed by atoms with Gasteiger partial charge in [0, 0.05) is 10.0 Å². The molecule has 30 heavy (non-hydrogen) atoms. The first-order chi connectivity index (χ1) is 14.5. The largest absolute Gasteiger partial charge is 0.493 e. The van der Waals surface area contributed by atoms with Crippen molar-refractivity contribution in [3.8, 4) is 17.6 Å². The molecule has 152 valence electrons. The average Bonchev–Trinajstić information content (AvgIpc) is 2.77. The van der Waals surface area contributed by atoms with Crippen LogP contribution in [0.15, 0.2) is 87.1 Å². The molecule has 0 N–H and O–H groups in total. The normalized spacial score (nSPS) is 11.6.